The van der Waals surface area contributed by atoms with Crippen molar-refractivity contribution in [3.63, 3.8) is 0 Å². The van der Waals surface area contributed by atoms with Crippen LogP contribution >= 0.6 is 0 Å². The first-order chi connectivity index (χ1) is 23.3. The van der Waals surface area contributed by atoms with Crippen molar-refractivity contribution in [2.24, 2.45) is 0 Å². The summed E-state index contributed by atoms with van der Waals surface area (Å²) in [7, 11) is -0.456. The van der Waals surface area contributed by atoms with Crippen LogP contribution in [0, 0.1) is 0 Å². The molecular formula is C45H35BO2. The van der Waals surface area contributed by atoms with Gasteiger partial charge in [-0.2, -0.15) is 0 Å². The molecule has 0 aromatic heterocycles. The largest absolute Gasteiger partial charge is 0.494 e. The van der Waals surface area contributed by atoms with Gasteiger partial charge in [0.2, 0.25) is 0 Å². The van der Waals surface area contributed by atoms with Crippen LogP contribution in [0.5, 0.6) is 0 Å². The number of hydrogen-bond donors (Lipinski definition) is 0. The number of benzene rings is 7. The highest BCUT2D eigenvalue weighted by molar-refractivity contribution is 6.62. The van der Waals surface area contributed by atoms with Gasteiger partial charge >= 0.3 is 7.12 Å². The van der Waals surface area contributed by atoms with Gasteiger partial charge in [0, 0.05) is 0 Å². The summed E-state index contributed by atoms with van der Waals surface area (Å²) in [5, 5.41) is 7.74. The lowest BCUT2D eigenvalue weighted by atomic mass is 9.64. The van der Waals surface area contributed by atoms with Crippen LogP contribution in [-0.2, 0) is 14.7 Å². The van der Waals surface area contributed by atoms with E-state index in [1.165, 1.54) is 76.8 Å². The number of rotatable bonds is 1. The van der Waals surface area contributed by atoms with Crippen molar-refractivity contribution in [1.29, 1.82) is 0 Å². The van der Waals surface area contributed by atoms with Gasteiger partial charge in [0.25, 0.3) is 0 Å². The fourth-order valence-corrected chi connectivity index (χ4v) is 8.73. The molecule has 1 spiro atoms. The topological polar surface area (TPSA) is 18.5 Å². The van der Waals surface area contributed by atoms with E-state index >= 15 is 0 Å². The third-order valence-electron chi connectivity index (χ3n) is 11.7. The minimum Gasteiger partial charge on any atom is -0.399 e. The molecule has 0 radical (unpaired) electrons. The Morgan fingerprint density at radius 1 is 0.417 bits per heavy atom. The second-order valence-electron chi connectivity index (χ2n) is 14.7. The second kappa shape index (κ2) is 9.57. The van der Waals surface area contributed by atoms with Crippen molar-refractivity contribution in [1.82, 2.24) is 0 Å². The first-order valence-electron chi connectivity index (χ1n) is 17.0. The van der Waals surface area contributed by atoms with Gasteiger partial charge in [0.05, 0.1) is 16.6 Å². The molecule has 1 fully saturated rings. The van der Waals surface area contributed by atoms with E-state index in [0.717, 1.165) is 5.46 Å². The Morgan fingerprint density at radius 2 is 0.938 bits per heavy atom. The molecule has 3 heteroatoms. The third-order valence-corrected chi connectivity index (χ3v) is 11.7. The van der Waals surface area contributed by atoms with Crippen molar-refractivity contribution >= 4 is 57.1 Å². The second-order valence-corrected chi connectivity index (χ2v) is 14.7. The van der Waals surface area contributed by atoms with Gasteiger partial charge in [0.15, 0.2) is 0 Å². The van der Waals surface area contributed by atoms with Crippen LogP contribution in [-0.4, -0.2) is 18.3 Å². The molecule has 0 amide bonds. The van der Waals surface area contributed by atoms with E-state index in [9.17, 15) is 0 Å². The normalized spacial score (nSPS) is 19.8. The van der Waals surface area contributed by atoms with Gasteiger partial charge in [0.1, 0.15) is 0 Å². The Labute approximate surface area is 281 Å². The van der Waals surface area contributed by atoms with E-state index in [1.54, 1.807) is 0 Å². The molecule has 230 valence electrons. The quantitative estimate of drug-likeness (QED) is 0.135. The summed E-state index contributed by atoms with van der Waals surface area (Å²) in [5.41, 5.74) is 9.84. The van der Waals surface area contributed by atoms with E-state index in [4.69, 9.17) is 9.31 Å². The predicted molar refractivity (Wildman–Crippen MR) is 201 cm³/mol. The van der Waals surface area contributed by atoms with Crippen LogP contribution in [0.25, 0.3) is 55.6 Å². The summed E-state index contributed by atoms with van der Waals surface area (Å²) >= 11 is 0. The molecule has 1 aliphatic heterocycles. The van der Waals surface area contributed by atoms with Crippen molar-refractivity contribution in [3.8, 4) is 11.1 Å². The van der Waals surface area contributed by atoms with Gasteiger partial charge in [-0.1, -0.05) is 127 Å². The molecule has 1 unspecified atom stereocenters. The molecule has 2 aliphatic carbocycles. The van der Waals surface area contributed by atoms with Crippen molar-refractivity contribution in [3.05, 3.63) is 161 Å². The maximum atomic E-state index is 6.64. The molecule has 0 saturated carbocycles. The highest BCUT2D eigenvalue weighted by atomic mass is 16.7. The Morgan fingerprint density at radius 3 is 1.60 bits per heavy atom. The third kappa shape index (κ3) is 3.56. The van der Waals surface area contributed by atoms with Gasteiger partial charge in [-0.15, -0.1) is 0 Å². The Balaban J connectivity index is 1.36. The average Bonchev–Trinajstić information content (AvgIpc) is 3.45. The van der Waals surface area contributed by atoms with E-state index in [1.807, 2.05) is 0 Å². The zero-order chi connectivity index (χ0) is 32.4. The van der Waals surface area contributed by atoms with Crippen molar-refractivity contribution in [2.75, 3.05) is 0 Å². The molecule has 10 rings (SSSR count). The SMILES string of the molecule is CC1(C)OB(c2ccc3c(c2)C2(c4ccccc4C=C3)c3ccccc3-c3cc4c5ccccc5c5ccccc5c4cc32)OC1(C)C. The molecular weight excluding hydrogens is 583 g/mol. The Hall–Kier alpha value is -4.96. The fraction of sp³-hybridized carbons (Fsp3) is 0.156. The molecule has 1 heterocycles. The minimum absolute atomic E-state index is 0.427. The molecule has 1 atom stereocenters. The lowest BCUT2D eigenvalue weighted by molar-refractivity contribution is 0.00578. The molecule has 0 N–H and O–H groups in total. The summed E-state index contributed by atoms with van der Waals surface area (Å²) in [5.74, 6) is 0. The van der Waals surface area contributed by atoms with E-state index < -0.39 is 23.7 Å². The van der Waals surface area contributed by atoms with Gasteiger partial charge in [-0.3, -0.25) is 0 Å². The Kier molecular flexibility index (Phi) is 5.60. The molecule has 48 heavy (non-hydrogen) atoms. The lowest BCUT2D eigenvalue weighted by Gasteiger charge is -2.36. The molecule has 7 aromatic rings. The van der Waals surface area contributed by atoms with Gasteiger partial charge in [-0.25, -0.2) is 0 Å². The summed E-state index contributed by atoms with van der Waals surface area (Å²) in [4.78, 5) is 0. The number of hydrogen-bond acceptors (Lipinski definition) is 2. The summed E-state index contributed by atoms with van der Waals surface area (Å²) in [6.45, 7) is 8.50. The maximum absolute atomic E-state index is 6.64. The van der Waals surface area contributed by atoms with E-state index in [2.05, 4.69) is 167 Å². The monoisotopic (exact) mass is 618 g/mol. The standard InChI is InChI=1S/C45H35BO2/c1-43(2)44(3,4)48-46(47-43)30-24-23-29-22-21-28-13-5-11-19-39(28)45(41(29)25-30)40-20-12-10-18-35(40)38-26-36-33-16-8-6-14-31(33)32-15-7-9-17-34(32)37(36)27-42(38)45/h5-27H,1-4H3. The molecule has 0 bridgehead atoms. The van der Waals surface area contributed by atoms with Crippen LogP contribution < -0.4 is 5.46 Å². The van der Waals surface area contributed by atoms with Crippen LogP contribution in [0.2, 0.25) is 0 Å². The fourth-order valence-electron chi connectivity index (χ4n) is 8.73. The van der Waals surface area contributed by atoms with E-state index in [0.29, 0.717) is 0 Å². The van der Waals surface area contributed by atoms with Crippen LogP contribution in [0.1, 0.15) is 61.1 Å². The van der Waals surface area contributed by atoms with Crippen molar-refractivity contribution < 1.29 is 9.31 Å². The summed E-state index contributed by atoms with van der Waals surface area (Å²) in [6.07, 6.45) is 4.59. The highest BCUT2D eigenvalue weighted by Crippen LogP contribution is 2.59. The molecule has 3 aliphatic rings. The van der Waals surface area contributed by atoms with Crippen molar-refractivity contribution in [2.45, 2.75) is 44.3 Å². The van der Waals surface area contributed by atoms with Gasteiger partial charge < -0.3 is 9.31 Å². The molecule has 1 saturated heterocycles. The zero-order valence-corrected chi connectivity index (χ0v) is 27.7. The van der Waals surface area contributed by atoms with E-state index in [-0.39, 0.29) is 0 Å². The maximum Gasteiger partial charge on any atom is 0.494 e. The summed E-state index contributed by atoms with van der Waals surface area (Å²) < 4.78 is 13.3. The first kappa shape index (κ1) is 28.1. The van der Waals surface area contributed by atoms with Crippen LogP contribution in [0.3, 0.4) is 0 Å². The average molecular weight is 619 g/mol. The number of fused-ring (bicyclic) bond motifs is 15. The van der Waals surface area contributed by atoms with Crippen LogP contribution in [0.4, 0.5) is 0 Å². The first-order valence-corrected chi connectivity index (χ1v) is 17.0. The smallest absolute Gasteiger partial charge is 0.399 e. The lowest BCUT2D eigenvalue weighted by Crippen LogP contribution is -2.41. The zero-order valence-electron chi connectivity index (χ0n) is 27.7. The molecule has 7 aromatic carbocycles. The Bertz CT molecular complexity index is 2520. The highest BCUT2D eigenvalue weighted by Gasteiger charge is 2.53. The van der Waals surface area contributed by atoms with Crippen LogP contribution in [0.15, 0.2) is 127 Å². The predicted octanol–water partition coefficient (Wildman–Crippen LogP) is 10.3. The minimum atomic E-state index is -0.554. The van der Waals surface area contributed by atoms with Gasteiger partial charge in [-0.05, 0) is 122 Å². The summed E-state index contributed by atoms with van der Waals surface area (Å²) in [6, 6.07) is 47.6. The molecule has 2 nitrogen and oxygen atoms in total.